The predicted octanol–water partition coefficient (Wildman–Crippen LogP) is -0.239. The van der Waals surface area contributed by atoms with Crippen molar-refractivity contribution in [2.75, 3.05) is 12.4 Å². The molecule has 1 aromatic heterocycles. The molecule has 7 heteroatoms. The molecule has 2 N–H and O–H groups in total. The summed E-state index contributed by atoms with van der Waals surface area (Å²) in [6.07, 6.45) is 0. The van der Waals surface area contributed by atoms with Gasteiger partial charge in [-0.1, -0.05) is 0 Å². The van der Waals surface area contributed by atoms with Gasteiger partial charge in [0, 0.05) is 11.4 Å². The molecular formula is C8H13N3O3S. The van der Waals surface area contributed by atoms with Gasteiger partial charge in [0.25, 0.3) is 0 Å². The Kier molecular flexibility index (Phi) is 3.59. The number of nitrogens with two attached hydrogens (primary N) is 1. The monoisotopic (exact) mass is 231 g/mol. The van der Waals surface area contributed by atoms with E-state index in [2.05, 4.69) is 9.97 Å². The van der Waals surface area contributed by atoms with E-state index in [1.54, 1.807) is 19.9 Å². The van der Waals surface area contributed by atoms with E-state index in [0.717, 1.165) is 11.4 Å². The Balaban J connectivity index is 2.58. The second-order valence-electron chi connectivity index (χ2n) is 3.15. The lowest BCUT2D eigenvalue weighted by Crippen LogP contribution is -2.21. The van der Waals surface area contributed by atoms with Crippen molar-refractivity contribution in [3.8, 4) is 6.01 Å². The first kappa shape index (κ1) is 11.9. The highest BCUT2D eigenvalue weighted by Gasteiger charge is 2.05. The van der Waals surface area contributed by atoms with Crippen LogP contribution in [-0.4, -0.2) is 30.7 Å². The van der Waals surface area contributed by atoms with Crippen LogP contribution in [0.15, 0.2) is 6.07 Å². The van der Waals surface area contributed by atoms with Gasteiger partial charge in [-0.2, -0.15) is 0 Å². The van der Waals surface area contributed by atoms with Crippen LogP contribution in [0.1, 0.15) is 11.4 Å². The zero-order valence-electron chi connectivity index (χ0n) is 8.60. The minimum absolute atomic E-state index is 0.0400. The minimum Gasteiger partial charge on any atom is -0.462 e. The van der Waals surface area contributed by atoms with E-state index in [1.807, 2.05) is 0 Å². The number of aromatic nitrogens is 2. The van der Waals surface area contributed by atoms with Crippen molar-refractivity contribution in [3.05, 3.63) is 17.5 Å². The highest BCUT2D eigenvalue weighted by Crippen LogP contribution is 2.05. The quantitative estimate of drug-likeness (QED) is 0.771. The highest BCUT2D eigenvalue weighted by molar-refractivity contribution is 7.89. The largest absolute Gasteiger partial charge is 0.462 e. The average Bonchev–Trinajstić information content (AvgIpc) is 1.99. The van der Waals surface area contributed by atoms with Crippen LogP contribution < -0.4 is 9.88 Å². The molecule has 0 radical (unpaired) electrons. The van der Waals surface area contributed by atoms with Crippen molar-refractivity contribution < 1.29 is 13.2 Å². The minimum atomic E-state index is -3.50. The van der Waals surface area contributed by atoms with Gasteiger partial charge in [0.1, 0.15) is 6.61 Å². The molecule has 1 heterocycles. The summed E-state index contributed by atoms with van der Waals surface area (Å²) in [5.74, 6) is -0.247. The number of sulfonamides is 1. The molecular weight excluding hydrogens is 218 g/mol. The molecule has 15 heavy (non-hydrogen) atoms. The van der Waals surface area contributed by atoms with Crippen LogP contribution in [0.4, 0.5) is 0 Å². The lowest BCUT2D eigenvalue weighted by atomic mass is 10.4. The fraction of sp³-hybridized carbons (Fsp3) is 0.500. The molecule has 0 unspecified atom stereocenters. The molecule has 0 bridgehead atoms. The molecule has 0 aromatic carbocycles. The third-order valence-corrected chi connectivity index (χ3v) is 2.30. The van der Waals surface area contributed by atoms with Crippen LogP contribution in [0.2, 0.25) is 0 Å². The average molecular weight is 231 g/mol. The number of primary sulfonamides is 1. The first-order chi connectivity index (χ1) is 6.87. The molecule has 0 saturated heterocycles. The first-order valence-corrected chi connectivity index (χ1v) is 6.04. The first-order valence-electron chi connectivity index (χ1n) is 4.32. The standard InChI is InChI=1S/C8H13N3O3S/c1-6-5-7(2)11-8(10-6)14-3-4-15(9,12)13/h5H,3-4H2,1-2H3,(H2,9,12,13). The summed E-state index contributed by atoms with van der Waals surface area (Å²) in [5, 5.41) is 4.81. The van der Waals surface area contributed by atoms with Crippen molar-refractivity contribution in [1.29, 1.82) is 0 Å². The molecule has 0 amide bonds. The Morgan fingerprint density at radius 3 is 2.33 bits per heavy atom. The molecule has 84 valence electrons. The van der Waals surface area contributed by atoms with Crippen molar-refractivity contribution in [1.82, 2.24) is 9.97 Å². The number of nitrogens with zero attached hydrogens (tertiary/aromatic N) is 2. The molecule has 6 nitrogen and oxygen atoms in total. The van der Waals surface area contributed by atoms with Gasteiger partial charge in [-0.3, -0.25) is 0 Å². The van der Waals surface area contributed by atoms with Gasteiger partial charge in [-0.05, 0) is 19.9 Å². The maximum atomic E-state index is 10.6. The molecule has 0 atom stereocenters. The van der Waals surface area contributed by atoms with E-state index in [0.29, 0.717) is 0 Å². The van der Waals surface area contributed by atoms with Crippen LogP contribution in [0, 0.1) is 13.8 Å². The van der Waals surface area contributed by atoms with Gasteiger partial charge in [0.15, 0.2) is 0 Å². The van der Waals surface area contributed by atoms with Gasteiger partial charge >= 0.3 is 6.01 Å². The van der Waals surface area contributed by atoms with Gasteiger partial charge in [-0.15, -0.1) is 0 Å². The van der Waals surface area contributed by atoms with Gasteiger partial charge in [0.2, 0.25) is 10.0 Å². The molecule has 0 aliphatic rings. The van der Waals surface area contributed by atoms with E-state index in [9.17, 15) is 8.42 Å². The number of hydrogen-bond acceptors (Lipinski definition) is 5. The Bertz CT molecular complexity index is 424. The summed E-state index contributed by atoms with van der Waals surface area (Å²) in [6.45, 7) is 3.57. The molecule has 0 saturated carbocycles. The third kappa shape index (κ3) is 4.71. The second kappa shape index (κ2) is 4.54. The maximum absolute atomic E-state index is 10.6. The highest BCUT2D eigenvalue weighted by atomic mass is 32.2. The zero-order chi connectivity index (χ0) is 11.5. The number of rotatable bonds is 4. The third-order valence-electron chi connectivity index (χ3n) is 1.56. The van der Waals surface area contributed by atoms with Crippen molar-refractivity contribution in [2.24, 2.45) is 5.14 Å². The van der Waals surface area contributed by atoms with Gasteiger partial charge in [-0.25, -0.2) is 23.5 Å². The van der Waals surface area contributed by atoms with E-state index in [1.165, 1.54) is 0 Å². The van der Waals surface area contributed by atoms with Crippen LogP contribution >= 0.6 is 0 Å². The summed E-state index contributed by atoms with van der Waals surface area (Å²) >= 11 is 0. The normalized spacial score (nSPS) is 11.4. The molecule has 0 aliphatic heterocycles. The van der Waals surface area contributed by atoms with Crippen molar-refractivity contribution in [2.45, 2.75) is 13.8 Å². The Labute approximate surface area is 88.5 Å². The lowest BCUT2D eigenvalue weighted by Gasteiger charge is -2.04. The van der Waals surface area contributed by atoms with Crippen LogP contribution in [0.3, 0.4) is 0 Å². The predicted molar refractivity (Wildman–Crippen MR) is 55.0 cm³/mol. The van der Waals surface area contributed by atoms with Crippen LogP contribution in [-0.2, 0) is 10.0 Å². The van der Waals surface area contributed by atoms with E-state index < -0.39 is 10.0 Å². The van der Waals surface area contributed by atoms with Crippen molar-refractivity contribution >= 4 is 10.0 Å². The maximum Gasteiger partial charge on any atom is 0.316 e. The van der Waals surface area contributed by atoms with E-state index in [4.69, 9.17) is 9.88 Å². The van der Waals surface area contributed by atoms with Gasteiger partial charge in [0.05, 0.1) is 5.75 Å². The SMILES string of the molecule is Cc1cc(C)nc(OCCS(N)(=O)=O)n1. The summed E-state index contributed by atoms with van der Waals surface area (Å²) in [4.78, 5) is 7.97. The van der Waals surface area contributed by atoms with E-state index in [-0.39, 0.29) is 18.4 Å². The number of aryl methyl sites for hydroxylation is 2. The summed E-state index contributed by atoms with van der Waals surface area (Å²) in [6, 6.07) is 1.98. The fourth-order valence-electron chi connectivity index (χ4n) is 1.01. The fourth-order valence-corrected chi connectivity index (χ4v) is 1.32. The zero-order valence-corrected chi connectivity index (χ0v) is 9.41. The molecule has 1 rings (SSSR count). The topological polar surface area (TPSA) is 95.2 Å². The summed E-state index contributed by atoms with van der Waals surface area (Å²) < 4.78 is 26.3. The van der Waals surface area contributed by atoms with Crippen molar-refractivity contribution in [3.63, 3.8) is 0 Å². The smallest absolute Gasteiger partial charge is 0.316 e. The summed E-state index contributed by atoms with van der Waals surface area (Å²) in [7, 11) is -3.50. The lowest BCUT2D eigenvalue weighted by molar-refractivity contribution is 0.312. The molecule has 0 fully saturated rings. The Morgan fingerprint density at radius 1 is 1.33 bits per heavy atom. The van der Waals surface area contributed by atoms with Crippen LogP contribution in [0.5, 0.6) is 6.01 Å². The molecule has 0 spiro atoms. The van der Waals surface area contributed by atoms with Crippen LogP contribution in [0.25, 0.3) is 0 Å². The number of ether oxygens (including phenoxy) is 1. The Morgan fingerprint density at radius 2 is 1.87 bits per heavy atom. The molecule has 0 aliphatic carbocycles. The Hall–Kier alpha value is -1.21. The molecule has 1 aromatic rings. The number of hydrogen-bond donors (Lipinski definition) is 1. The summed E-state index contributed by atoms with van der Waals surface area (Å²) in [5.41, 5.74) is 1.54. The van der Waals surface area contributed by atoms with E-state index >= 15 is 0 Å². The second-order valence-corrected chi connectivity index (χ2v) is 4.88. The van der Waals surface area contributed by atoms with Gasteiger partial charge < -0.3 is 4.74 Å².